The van der Waals surface area contributed by atoms with Crippen LogP contribution >= 0.6 is 0 Å². The van der Waals surface area contributed by atoms with Crippen molar-refractivity contribution >= 4 is 5.97 Å². The summed E-state index contributed by atoms with van der Waals surface area (Å²) < 4.78 is 0. The summed E-state index contributed by atoms with van der Waals surface area (Å²) in [5, 5.41) is 43.7. The lowest BCUT2D eigenvalue weighted by Crippen LogP contribution is -2.69. The molecule has 5 rings (SSSR count). The van der Waals surface area contributed by atoms with Crippen LogP contribution in [0.3, 0.4) is 0 Å². The molecule has 35 heavy (non-hydrogen) atoms. The van der Waals surface area contributed by atoms with Crippen LogP contribution in [0, 0.1) is 56.7 Å². The minimum atomic E-state index is -0.711. The van der Waals surface area contributed by atoms with Gasteiger partial charge in [0.25, 0.3) is 0 Å². The average molecular weight is 489 g/mol. The third-order valence-electron chi connectivity index (χ3n) is 13.4. The fraction of sp³-hybridized carbons (Fsp3) is 0.900. The Morgan fingerprint density at radius 2 is 1.71 bits per heavy atom. The van der Waals surface area contributed by atoms with Crippen LogP contribution in [-0.4, -0.2) is 45.2 Å². The van der Waals surface area contributed by atoms with E-state index in [1.54, 1.807) is 0 Å². The summed E-state index contributed by atoms with van der Waals surface area (Å²) in [7, 11) is 0. The first-order chi connectivity index (χ1) is 16.2. The normalized spacial score (nSPS) is 57.7. The highest BCUT2D eigenvalue weighted by Crippen LogP contribution is 2.75. The number of aliphatic hydroxyl groups excluding tert-OH is 3. The van der Waals surface area contributed by atoms with E-state index in [0.29, 0.717) is 37.0 Å². The van der Waals surface area contributed by atoms with Crippen LogP contribution in [0.5, 0.6) is 0 Å². The fourth-order valence-electron chi connectivity index (χ4n) is 11.0. The Bertz CT molecular complexity index is 930. The van der Waals surface area contributed by atoms with E-state index in [4.69, 9.17) is 0 Å². The molecule has 0 aromatic rings. The monoisotopic (exact) mass is 488 g/mol. The van der Waals surface area contributed by atoms with E-state index in [1.807, 2.05) is 6.92 Å². The van der Waals surface area contributed by atoms with Crippen molar-refractivity contribution in [2.45, 2.75) is 105 Å². The molecule has 5 aliphatic rings. The standard InChI is InChI=1S/C30H48O5/c1-17-9-12-30(25(34)35)14-13-28(5)19(23(30)18(17)2)7-8-21-26(3)11-10-22(33)27(4,16-31)24(26)20(32)15-29(21,28)6/h7,17-18,20-24,31-33H,8-16H2,1-6H3,(H,34,35). The second-order valence-corrected chi connectivity index (χ2v) is 14.5. The lowest BCUT2D eigenvalue weighted by Gasteiger charge is -2.72. The summed E-state index contributed by atoms with van der Waals surface area (Å²) in [6.07, 6.45) is 7.57. The average Bonchev–Trinajstić information content (AvgIpc) is 2.79. The third-order valence-corrected chi connectivity index (χ3v) is 13.4. The molecule has 0 saturated heterocycles. The molecule has 0 bridgehead atoms. The van der Waals surface area contributed by atoms with Crippen LogP contribution in [0.25, 0.3) is 0 Å². The lowest BCUT2D eigenvalue weighted by atomic mass is 9.33. The topological polar surface area (TPSA) is 98.0 Å². The first kappa shape index (κ1) is 25.7. The van der Waals surface area contributed by atoms with Gasteiger partial charge in [-0.2, -0.15) is 0 Å². The maximum Gasteiger partial charge on any atom is 0.310 e. The summed E-state index contributed by atoms with van der Waals surface area (Å²) in [5.74, 6) is 0.432. The minimum Gasteiger partial charge on any atom is -0.481 e. The van der Waals surface area contributed by atoms with Crippen molar-refractivity contribution < 1.29 is 25.2 Å². The van der Waals surface area contributed by atoms with Crippen LogP contribution in [-0.2, 0) is 4.79 Å². The van der Waals surface area contributed by atoms with Gasteiger partial charge in [0.05, 0.1) is 24.2 Å². The minimum absolute atomic E-state index is 0.0545. The lowest BCUT2D eigenvalue weighted by molar-refractivity contribution is -0.252. The van der Waals surface area contributed by atoms with Crippen LogP contribution in [0.1, 0.15) is 92.9 Å². The summed E-state index contributed by atoms with van der Waals surface area (Å²) in [6, 6.07) is 0. The first-order valence-electron chi connectivity index (χ1n) is 14.1. The van der Waals surface area contributed by atoms with Crippen molar-refractivity contribution in [3.8, 4) is 0 Å². The Morgan fingerprint density at radius 3 is 2.34 bits per heavy atom. The Labute approximate surface area is 211 Å². The number of aliphatic carboxylic acids is 1. The summed E-state index contributed by atoms with van der Waals surface area (Å²) in [6.45, 7) is 13.5. The van der Waals surface area contributed by atoms with Crippen molar-refractivity contribution in [1.29, 1.82) is 0 Å². The molecule has 0 aromatic carbocycles. The number of allylic oxidation sites excluding steroid dienone is 2. The summed E-state index contributed by atoms with van der Waals surface area (Å²) >= 11 is 0. The molecule has 5 nitrogen and oxygen atoms in total. The van der Waals surface area contributed by atoms with E-state index in [1.165, 1.54) is 5.57 Å². The van der Waals surface area contributed by atoms with Gasteiger partial charge in [0.1, 0.15) is 0 Å². The molecule has 4 N–H and O–H groups in total. The molecule has 5 aliphatic carbocycles. The molecule has 0 spiro atoms. The number of hydrogen-bond acceptors (Lipinski definition) is 4. The number of fused-ring (bicyclic) bond motifs is 7. The van der Waals surface area contributed by atoms with Crippen molar-refractivity contribution in [3.05, 3.63) is 11.6 Å². The summed E-state index contributed by atoms with van der Waals surface area (Å²) in [4.78, 5) is 12.8. The Kier molecular flexibility index (Phi) is 5.73. The Balaban J connectivity index is 1.64. The summed E-state index contributed by atoms with van der Waals surface area (Å²) in [5.41, 5.74) is -0.529. The maximum absolute atomic E-state index is 12.8. The third kappa shape index (κ3) is 2.95. The molecule has 0 aliphatic heterocycles. The first-order valence-corrected chi connectivity index (χ1v) is 14.1. The number of rotatable bonds is 2. The molecule has 0 heterocycles. The number of hydrogen-bond donors (Lipinski definition) is 4. The highest BCUT2D eigenvalue weighted by molar-refractivity contribution is 5.76. The molecule has 0 radical (unpaired) electrons. The van der Waals surface area contributed by atoms with E-state index in [-0.39, 0.29) is 34.7 Å². The number of aliphatic hydroxyl groups is 3. The molecule has 0 amide bonds. The van der Waals surface area contributed by atoms with E-state index < -0.39 is 29.0 Å². The van der Waals surface area contributed by atoms with Gasteiger partial charge in [-0.15, -0.1) is 0 Å². The molecule has 198 valence electrons. The maximum atomic E-state index is 12.8. The SMILES string of the molecule is CC1CCC2(C(=O)O)CCC3(C)C(=CCC4C5(C)CCC(O)C(C)(CO)C5C(O)CC43C)C2C1C. The van der Waals surface area contributed by atoms with E-state index >= 15 is 0 Å². The smallest absolute Gasteiger partial charge is 0.310 e. The van der Waals surface area contributed by atoms with Crippen molar-refractivity contribution in [2.24, 2.45) is 56.7 Å². The van der Waals surface area contributed by atoms with Gasteiger partial charge in [0, 0.05) is 11.3 Å². The van der Waals surface area contributed by atoms with Gasteiger partial charge in [-0.05, 0) is 91.3 Å². The second kappa shape index (κ2) is 7.80. The van der Waals surface area contributed by atoms with Crippen LogP contribution in [0.2, 0.25) is 0 Å². The van der Waals surface area contributed by atoms with Crippen molar-refractivity contribution in [1.82, 2.24) is 0 Å². The van der Waals surface area contributed by atoms with Crippen LogP contribution in [0.4, 0.5) is 0 Å². The van der Waals surface area contributed by atoms with Gasteiger partial charge in [-0.25, -0.2) is 0 Å². The van der Waals surface area contributed by atoms with Crippen molar-refractivity contribution in [3.63, 3.8) is 0 Å². The zero-order chi connectivity index (χ0) is 25.8. The molecule has 0 aromatic heterocycles. The van der Waals surface area contributed by atoms with Crippen LogP contribution in [0.15, 0.2) is 11.6 Å². The fourth-order valence-corrected chi connectivity index (χ4v) is 11.0. The van der Waals surface area contributed by atoms with Gasteiger partial charge in [0.2, 0.25) is 0 Å². The van der Waals surface area contributed by atoms with E-state index in [0.717, 1.165) is 32.1 Å². The molecule has 5 heteroatoms. The highest BCUT2D eigenvalue weighted by Gasteiger charge is 2.71. The molecular weight excluding hydrogens is 440 g/mol. The highest BCUT2D eigenvalue weighted by atomic mass is 16.4. The van der Waals surface area contributed by atoms with Gasteiger partial charge in [0.15, 0.2) is 0 Å². The van der Waals surface area contributed by atoms with Gasteiger partial charge < -0.3 is 20.4 Å². The van der Waals surface area contributed by atoms with E-state index in [9.17, 15) is 25.2 Å². The number of carbonyl (C=O) groups is 1. The quantitative estimate of drug-likeness (QED) is 0.409. The molecule has 4 saturated carbocycles. The van der Waals surface area contributed by atoms with Gasteiger partial charge in [-0.3, -0.25) is 4.79 Å². The largest absolute Gasteiger partial charge is 0.481 e. The zero-order valence-electron chi connectivity index (χ0n) is 22.7. The Hall–Kier alpha value is -0.910. The number of carboxylic acids is 1. The van der Waals surface area contributed by atoms with Gasteiger partial charge >= 0.3 is 5.97 Å². The predicted molar refractivity (Wildman–Crippen MR) is 135 cm³/mol. The molecule has 4 fully saturated rings. The van der Waals surface area contributed by atoms with E-state index in [2.05, 4.69) is 40.7 Å². The zero-order valence-corrected chi connectivity index (χ0v) is 22.7. The molecule has 12 unspecified atom stereocenters. The Morgan fingerprint density at radius 1 is 1.03 bits per heavy atom. The van der Waals surface area contributed by atoms with Crippen molar-refractivity contribution in [2.75, 3.05) is 6.61 Å². The van der Waals surface area contributed by atoms with Crippen LogP contribution < -0.4 is 0 Å². The predicted octanol–water partition coefficient (Wildman–Crippen LogP) is 5.03. The van der Waals surface area contributed by atoms with Gasteiger partial charge in [-0.1, -0.05) is 53.2 Å². The molecular formula is C30H48O5. The number of carboxylic acid groups (broad SMARTS) is 1. The molecule has 12 atom stereocenters. The second-order valence-electron chi connectivity index (χ2n) is 14.5.